The number of fused-ring (bicyclic) bond motifs is 3. The molecule has 2 aromatic carbocycles. The summed E-state index contributed by atoms with van der Waals surface area (Å²) in [4.78, 5) is 30.8. The molecule has 0 spiro atoms. The SMILES string of the molecule is COCCNC(=O)C1=CN(C(=O)c2ccc(F)cc2)CCc2c1[nH]c1ccccc21. The highest BCUT2D eigenvalue weighted by atomic mass is 19.1. The molecule has 1 aromatic heterocycles. The molecule has 2 amide bonds. The Hall–Kier alpha value is -3.45. The van der Waals surface area contributed by atoms with Gasteiger partial charge in [0.2, 0.25) is 0 Å². The molecule has 30 heavy (non-hydrogen) atoms. The number of amides is 2. The van der Waals surface area contributed by atoms with Crippen molar-refractivity contribution in [3.8, 4) is 0 Å². The smallest absolute Gasteiger partial charge is 0.257 e. The van der Waals surface area contributed by atoms with E-state index in [-0.39, 0.29) is 11.8 Å². The van der Waals surface area contributed by atoms with Gasteiger partial charge < -0.3 is 19.9 Å². The minimum absolute atomic E-state index is 0.286. The maximum atomic E-state index is 13.3. The molecular formula is C23H22FN3O3. The summed E-state index contributed by atoms with van der Waals surface area (Å²) in [5, 5.41) is 3.86. The lowest BCUT2D eigenvalue weighted by molar-refractivity contribution is -0.115. The first-order chi connectivity index (χ1) is 14.6. The summed E-state index contributed by atoms with van der Waals surface area (Å²) in [5.41, 5.74) is 3.39. The number of rotatable bonds is 5. The standard InChI is InChI=1S/C23H22FN3O3/c1-30-13-11-25-22(28)19-14-27(23(29)15-6-8-16(24)9-7-15)12-10-18-17-4-2-3-5-20(17)26-21(18)19/h2-9,14,26H,10-13H2,1H3,(H,25,28). The molecule has 0 saturated carbocycles. The number of aromatic nitrogens is 1. The number of benzene rings is 2. The monoisotopic (exact) mass is 407 g/mol. The number of methoxy groups -OCH3 is 1. The van der Waals surface area contributed by atoms with E-state index in [1.807, 2.05) is 24.3 Å². The van der Waals surface area contributed by atoms with Gasteiger partial charge in [-0.2, -0.15) is 0 Å². The number of aromatic amines is 1. The maximum Gasteiger partial charge on any atom is 0.257 e. The minimum Gasteiger partial charge on any atom is -0.383 e. The van der Waals surface area contributed by atoms with Crippen LogP contribution in [-0.4, -0.2) is 48.5 Å². The van der Waals surface area contributed by atoms with Crippen molar-refractivity contribution in [1.82, 2.24) is 15.2 Å². The molecule has 3 aromatic rings. The average Bonchev–Trinajstić information content (AvgIpc) is 3.01. The number of carbonyl (C=O) groups excluding carboxylic acids is 2. The van der Waals surface area contributed by atoms with Crippen molar-refractivity contribution in [2.24, 2.45) is 0 Å². The van der Waals surface area contributed by atoms with Crippen LogP contribution in [0.5, 0.6) is 0 Å². The normalized spacial score (nSPS) is 13.5. The number of carbonyl (C=O) groups is 2. The summed E-state index contributed by atoms with van der Waals surface area (Å²) in [5.74, 6) is -0.983. The molecule has 6 nitrogen and oxygen atoms in total. The van der Waals surface area contributed by atoms with Gasteiger partial charge in [0.05, 0.1) is 17.9 Å². The van der Waals surface area contributed by atoms with Crippen LogP contribution in [0, 0.1) is 5.82 Å². The predicted molar refractivity (Wildman–Crippen MR) is 112 cm³/mol. The lowest BCUT2D eigenvalue weighted by Crippen LogP contribution is -2.31. The third-order valence-electron chi connectivity index (χ3n) is 5.16. The highest BCUT2D eigenvalue weighted by Crippen LogP contribution is 2.31. The molecule has 154 valence electrons. The zero-order valence-corrected chi connectivity index (χ0v) is 16.6. The summed E-state index contributed by atoms with van der Waals surface area (Å²) < 4.78 is 18.3. The highest BCUT2D eigenvalue weighted by molar-refractivity contribution is 6.21. The fourth-order valence-corrected chi connectivity index (χ4v) is 3.66. The van der Waals surface area contributed by atoms with Crippen molar-refractivity contribution in [2.45, 2.75) is 6.42 Å². The van der Waals surface area contributed by atoms with Gasteiger partial charge >= 0.3 is 0 Å². The van der Waals surface area contributed by atoms with E-state index in [1.54, 1.807) is 13.3 Å². The first-order valence-electron chi connectivity index (χ1n) is 9.74. The number of nitrogens with one attached hydrogen (secondary N) is 2. The van der Waals surface area contributed by atoms with Crippen molar-refractivity contribution in [3.05, 3.63) is 77.4 Å². The van der Waals surface area contributed by atoms with Gasteiger partial charge in [-0.15, -0.1) is 0 Å². The quantitative estimate of drug-likeness (QED) is 0.639. The van der Waals surface area contributed by atoms with Crippen LogP contribution in [-0.2, 0) is 16.0 Å². The van der Waals surface area contributed by atoms with Gasteiger partial charge in [0.15, 0.2) is 0 Å². The van der Waals surface area contributed by atoms with E-state index in [9.17, 15) is 14.0 Å². The molecule has 0 atom stereocenters. The summed E-state index contributed by atoms with van der Waals surface area (Å²) in [6.07, 6.45) is 2.16. The summed E-state index contributed by atoms with van der Waals surface area (Å²) in [7, 11) is 1.57. The molecule has 0 aliphatic carbocycles. The van der Waals surface area contributed by atoms with E-state index in [0.29, 0.717) is 42.9 Å². The molecule has 0 saturated heterocycles. The number of hydrogen-bond donors (Lipinski definition) is 2. The molecule has 2 N–H and O–H groups in total. The third-order valence-corrected chi connectivity index (χ3v) is 5.16. The fourth-order valence-electron chi connectivity index (χ4n) is 3.66. The lowest BCUT2D eigenvalue weighted by Gasteiger charge is -2.18. The third kappa shape index (κ3) is 3.84. The fraction of sp³-hybridized carbons (Fsp3) is 0.217. The second-order valence-corrected chi connectivity index (χ2v) is 7.07. The molecule has 7 heteroatoms. The first kappa shape index (κ1) is 19.8. The van der Waals surface area contributed by atoms with Crippen LogP contribution in [0.4, 0.5) is 4.39 Å². The lowest BCUT2D eigenvalue weighted by atomic mass is 10.0. The van der Waals surface area contributed by atoms with E-state index in [4.69, 9.17) is 4.74 Å². The molecule has 1 aliphatic rings. The zero-order chi connectivity index (χ0) is 21.1. The Bertz CT molecular complexity index is 1120. The Balaban J connectivity index is 1.73. The van der Waals surface area contributed by atoms with Gasteiger partial charge in [-0.3, -0.25) is 9.59 Å². The van der Waals surface area contributed by atoms with Gasteiger partial charge in [-0.05, 0) is 42.3 Å². The van der Waals surface area contributed by atoms with Crippen LogP contribution in [0.15, 0.2) is 54.7 Å². The largest absolute Gasteiger partial charge is 0.383 e. The first-order valence-corrected chi connectivity index (χ1v) is 9.74. The number of para-hydroxylation sites is 1. The second-order valence-electron chi connectivity index (χ2n) is 7.07. The van der Waals surface area contributed by atoms with Crippen molar-refractivity contribution >= 4 is 28.3 Å². The van der Waals surface area contributed by atoms with E-state index >= 15 is 0 Å². The molecule has 0 unspecified atom stereocenters. The molecular weight excluding hydrogens is 385 g/mol. The predicted octanol–water partition coefficient (Wildman–Crippen LogP) is 3.11. The van der Waals surface area contributed by atoms with Crippen molar-refractivity contribution < 1.29 is 18.7 Å². The molecule has 1 aliphatic heterocycles. The van der Waals surface area contributed by atoms with E-state index < -0.39 is 5.82 Å². The number of halogens is 1. The van der Waals surface area contributed by atoms with Gasteiger partial charge in [0.25, 0.3) is 11.8 Å². The van der Waals surface area contributed by atoms with Crippen molar-refractivity contribution in [3.63, 3.8) is 0 Å². The Kier molecular flexibility index (Phi) is 5.63. The molecule has 2 heterocycles. The van der Waals surface area contributed by atoms with Crippen molar-refractivity contribution in [1.29, 1.82) is 0 Å². The molecule has 0 fully saturated rings. The van der Waals surface area contributed by atoms with Crippen LogP contribution in [0.25, 0.3) is 16.5 Å². The number of nitrogens with zero attached hydrogens (tertiary/aromatic N) is 1. The Morgan fingerprint density at radius 2 is 1.93 bits per heavy atom. The molecule has 0 radical (unpaired) electrons. The summed E-state index contributed by atoms with van der Waals surface area (Å²) in [6, 6.07) is 13.3. The van der Waals surface area contributed by atoms with Gasteiger partial charge in [-0.25, -0.2) is 4.39 Å². The second kappa shape index (κ2) is 8.51. The average molecular weight is 407 g/mol. The van der Waals surface area contributed by atoms with Crippen LogP contribution in [0.3, 0.4) is 0 Å². The van der Waals surface area contributed by atoms with Gasteiger partial charge in [0.1, 0.15) is 5.82 Å². The number of hydrogen-bond acceptors (Lipinski definition) is 3. The Morgan fingerprint density at radius 1 is 1.17 bits per heavy atom. The molecule has 4 rings (SSSR count). The summed E-state index contributed by atoms with van der Waals surface area (Å²) in [6.45, 7) is 1.14. The topological polar surface area (TPSA) is 74.4 Å². The Labute approximate surface area is 173 Å². The van der Waals surface area contributed by atoms with Crippen LogP contribution < -0.4 is 5.32 Å². The van der Waals surface area contributed by atoms with Crippen molar-refractivity contribution in [2.75, 3.05) is 26.8 Å². The van der Waals surface area contributed by atoms with E-state index in [0.717, 1.165) is 16.5 Å². The maximum absolute atomic E-state index is 13.3. The highest BCUT2D eigenvalue weighted by Gasteiger charge is 2.26. The Morgan fingerprint density at radius 3 is 2.70 bits per heavy atom. The summed E-state index contributed by atoms with van der Waals surface area (Å²) >= 11 is 0. The van der Waals surface area contributed by atoms with Gasteiger partial charge in [-0.1, -0.05) is 18.2 Å². The van der Waals surface area contributed by atoms with E-state index in [2.05, 4.69) is 10.3 Å². The van der Waals surface area contributed by atoms with Gasteiger partial charge in [0, 0.05) is 42.9 Å². The zero-order valence-electron chi connectivity index (χ0n) is 16.6. The molecule has 0 bridgehead atoms. The minimum atomic E-state index is -0.405. The van der Waals surface area contributed by atoms with Crippen LogP contribution in [0.2, 0.25) is 0 Å². The van der Waals surface area contributed by atoms with E-state index in [1.165, 1.54) is 29.2 Å². The number of H-pyrrole nitrogens is 1. The van der Waals surface area contributed by atoms with Crippen LogP contribution in [0.1, 0.15) is 21.6 Å². The van der Waals surface area contributed by atoms with Crippen LogP contribution >= 0.6 is 0 Å². The number of ether oxygens (including phenoxy) is 1.